The predicted molar refractivity (Wildman–Crippen MR) is 91.4 cm³/mol. The van der Waals surface area contributed by atoms with E-state index in [9.17, 15) is 4.79 Å². The van der Waals surface area contributed by atoms with Gasteiger partial charge in [0.05, 0.1) is 18.9 Å². The molecule has 3 N–H and O–H groups in total. The van der Waals surface area contributed by atoms with E-state index < -0.39 is 0 Å². The van der Waals surface area contributed by atoms with Gasteiger partial charge in [-0.15, -0.1) is 0 Å². The van der Waals surface area contributed by atoms with Crippen LogP contribution in [0.3, 0.4) is 0 Å². The van der Waals surface area contributed by atoms with Gasteiger partial charge in [-0.2, -0.15) is 5.10 Å². The highest BCUT2D eigenvalue weighted by molar-refractivity contribution is 7.82. The number of nitrogens with two attached hydrogens (primary N) is 1. The lowest BCUT2D eigenvalue weighted by Crippen LogP contribution is -2.47. The number of hydrogen-bond acceptors (Lipinski definition) is 5. The Balaban J connectivity index is 2.18. The van der Waals surface area contributed by atoms with Crippen LogP contribution in [0.15, 0.2) is 23.3 Å². The van der Waals surface area contributed by atoms with E-state index in [1.165, 1.54) is 0 Å². The fourth-order valence-electron chi connectivity index (χ4n) is 1.97. The Bertz CT molecular complexity index is 615. The number of nitrogens with one attached hydrogen (secondary N) is 1. The number of benzene rings is 1. The number of hydrogen-bond donors (Lipinski definition) is 2. The molecule has 0 saturated carbocycles. The van der Waals surface area contributed by atoms with Gasteiger partial charge in [0.15, 0.2) is 5.71 Å². The summed E-state index contributed by atoms with van der Waals surface area (Å²) < 4.78 is 5.22. The van der Waals surface area contributed by atoms with E-state index in [0.29, 0.717) is 37.0 Å². The van der Waals surface area contributed by atoms with Crippen molar-refractivity contribution in [3.8, 4) is 0 Å². The number of carbonyl (C=O) groups is 1. The highest BCUT2D eigenvalue weighted by Crippen LogP contribution is 2.22. The zero-order valence-corrected chi connectivity index (χ0v) is 13.7. The summed E-state index contributed by atoms with van der Waals surface area (Å²) in [5.41, 5.74) is 9.99. The van der Waals surface area contributed by atoms with E-state index in [1.807, 2.05) is 6.92 Å². The first-order valence-corrected chi connectivity index (χ1v) is 7.55. The van der Waals surface area contributed by atoms with Crippen molar-refractivity contribution in [1.29, 1.82) is 0 Å². The van der Waals surface area contributed by atoms with Crippen LogP contribution in [0.2, 0.25) is 5.02 Å². The summed E-state index contributed by atoms with van der Waals surface area (Å²) in [5, 5.41) is 4.69. The predicted octanol–water partition coefficient (Wildman–Crippen LogP) is 1.56. The Hall–Kier alpha value is -1.70. The second-order valence-corrected chi connectivity index (χ2v) is 5.60. The van der Waals surface area contributed by atoms with Gasteiger partial charge in [0.25, 0.3) is 5.91 Å². The number of halogens is 1. The van der Waals surface area contributed by atoms with Gasteiger partial charge < -0.3 is 15.4 Å². The maximum atomic E-state index is 12.4. The van der Waals surface area contributed by atoms with E-state index in [2.05, 4.69) is 10.5 Å². The largest absolute Gasteiger partial charge is 0.388 e. The first-order chi connectivity index (χ1) is 10.5. The third-order valence-corrected chi connectivity index (χ3v) is 3.89. The molecular weight excluding hydrogens is 324 g/mol. The first-order valence-electron chi connectivity index (χ1n) is 6.76. The monoisotopic (exact) mass is 340 g/mol. The van der Waals surface area contributed by atoms with Crippen LogP contribution in [0.25, 0.3) is 0 Å². The summed E-state index contributed by atoms with van der Waals surface area (Å²) in [6.07, 6.45) is 0. The third kappa shape index (κ3) is 3.94. The van der Waals surface area contributed by atoms with Gasteiger partial charge >= 0.3 is 0 Å². The molecular formula is C14H17ClN4O2S. The molecule has 1 aromatic carbocycles. The lowest BCUT2D eigenvalue weighted by atomic mass is 10.2. The Morgan fingerprint density at radius 2 is 2.14 bits per heavy atom. The normalized spacial score (nSPS) is 15.5. The molecule has 1 aliphatic heterocycles. The molecule has 1 aromatic rings. The van der Waals surface area contributed by atoms with Gasteiger partial charge in [0.2, 0.25) is 0 Å². The number of amides is 1. The summed E-state index contributed by atoms with van der Waals surface area (Å²) in [5.74, 6) is -0.303. The van der Waals surface area contributed by atoms with Crippen LogP contribution >= 0.6 is 23.8 Å². The molecule has 0 spiro atoms. The summed E-state index contributed by atoms with van der Waals surface area (Å²) in [6, 6.07) is 5.37. The molecule has 2 rings (SSSR count). The quantitative estimate of drug-likeness (QED) is 0.494. The van der Waals surface area contributed by atoms with Gasteiger partial charge in [-0.1, -0.05) is 29.9 Å². The fraction of sp³-hybridized carbons (Fsp3) is 0.357. The molecule has 1 saturated heterocycles. The number of thiocarbonyl (C=S) groups is 1. The van der Waals surface area contributed by atoms with Crippen LogP contribution in [-0.4, -0.2) is 47.8 Å². The van der Waals surface area contributed by atoms with Crippen molar-refractivity contribution in [2.45, 2.75) is 6.92 Å². The third-order valence-electron chi connectivity index (χ3n) is 3.29. The highest BCUT2D eigenvalue weighted by atomic mass is 35.5. The molecule has 0 aromatic heterocycles. The Morgan fingerprint density at radius 3 is 2.77 bits per heavy atom. The Morgan fingerprint density at radius 1 is 1.45 bits per heavy atom. The second-order valence-electron chi connectivity index (χ2n) is 4.75. The molecule has 0 bridgehead atoms. The summed E-state index contributed by atoms with van der Waals surface area (Å²) in [6.45, 7) is 3.84. The Kier molecular flexibility index (Phi) is 5.70. The molecule has 22 heavy (non-hydrogen) atoms. The summed E-state index contributed by atoms with van der Waals surface area (Å²) in [4.78, 5) is 14.0. The number of carbonyl (C=O) groups excluding carboxylic acids is 1. The van der Waals surface area contributed by atoms with Crippen molar-refractivity contribution in [3.63, 3.8) is 0 Å². The molecule has 0 unspecified atom stereocenters. The zero-order valence-electron chi connectivity index (χ0n) is 12.1. The molecule has 8 heteroatoms. The standard InChI is InChI=1S/C14H17ClN4O2S/c1-9-10(15)3-2-4-11(9)17-18-12(13(16)22)14(20)19-5-7-21-8-6-19/h2-4,17H,5-8H2,1H3,(H2,16,22). The van der Waals surface area contributed by atoms with E-state index in [-0.39, 0.29) is 16.6 Å². The average Bonchev–Trinajstić information content (AvgIpc) is 2.52. The van der Waals surface area contributed by atoms with Gasteiger partial charge in [-0.25, -0.2) is 0 Å². The molecule has 118 valence electrons. The van der Waals surface area contributed by atoms with Crippen LogP contribution in [0, 0.1) is 6.92 Å². The van der Waals surface area contributed by atoms with Crippen LogP contribution in [0.5, 0.6) is 0 Å². The number of hydrazone groups is 1. The number of nitrogens with zero attached hydrogens (tertiary/aromatic N) is 2. The smallest absolute Gasteiger partial charge is 0.277 e. The van der Waals surface area contributed by atoms with E-state index in [1.54, 1.807) is 23.1 Å². The molecule has 6 nitrogen and oxygen atoms in total. The SMILES string of the molecule is Cc1c(Cl)cccc1NN=C(C(=O)N1CCOCC1)C(N)=S. The minimum atomic E-state index is -0.303. The fourth-order valence-corrected chi connectivity index (χ4v) is 2.28. The molecule has 1 heterocycles. The van der Waals surface area contributed by atoms with Crippen molar-refractivity contribution in [1.82, 2.24) is 4.90 Å². The second kappa shape index (κ2) is 7.53. The van der Waals surface area contributed by atoms with Gasteiger partial charge in [0, 0.05) is 18.1 Å². The molecule has 1 fully saturated rings. The topological polar surface area (TPSA) is 80.0 Å². The number of ether oxygens (including phenoxy) is 1. The van der Waals surface area contributed by atoms with E-state index >= 15 is 0 Å². The molecule has 0 aliphatic carbocycles. The van der Waals surface area contributed by atoms with Gasteiger partial charge in [-0.3, -0.25) is 10.2 Å². The van der Waals surface area contributed by atoms with Crippen molar-refractivity contribution in [3.05, 3.63) is 28.8 Å². The lowest BCUT2D eigenvalue weighted by Gasteiger charge is -2.27. The Labute approximate surface area is 139 Å². The zero-order chi connectivity index (χ0) is 16.1. The van der Waals surface area contributed by atoms with Gasteiger partial charge in [-0.05, 0) is 24.6 Å². The lowest BCUT2D eigenvalue weighted by molar-refractivity contribution is -0.127. The minimum absolute atomic E-state index is 0.0243. The number of rotatable bonds is 4. The molecule has 0 radical (unpaired) electrons. The molecule has 1 amide bonds. The van der Waals surface area contributed by atoms with Crippen LogP contribution in [-0.2, 0) is 9.53 Å². The van der Waals surface area contributed by atoms with Crippen molar-refractivity contribution in [2.24, 2.45) is 10.8 Å². The van der Waals surface area contributed by atoms with Crippen molar-refractivity contribution >= 4 is 46.1 Å². The summed E-state index contributed by atoms with van der Waals surface area (Å²) in [7, 11) is 0. The summed E-state index contributed by atoms with van der Waals surface area (Å²) >= 11 is 11.0. The highest BCUT2D eigenvalue weighted by Gasteiger charge is 2.24. The first kappa shape index (κ1) is 16.7. The maximum absolute atomic E-state index is 12.4. The number of morpholine rings is 1. The van der Waals surface area contributed by atoms with Crippen LogP contribution < -0.4 is 11.2 Å². The van der Waals surface area contributed by atoms with Gasteiger partial charge in [0.1, 0.15) is 4.99 Å². The van der Waals surface area contributed by atoms with Crippen LogP contribution in [0.4, 0.5) is 5.69 Å². The van der Waals surface area contributed by atoms with Crippen molar-refractivity contribution < 1.29 is 9.53 Å². The molecule has 1 aliphatic rings. The maximum Gasteiger partial charge on any atom is 0.277 e. The van der Waals surface area contributed by atoms with Crippen molar-refractivity contribution in [2.75, 3.05) is 31.7 Å². The van der Waals surface area contributed by atoms with E-state index in [0.717, 1.165) is 5.56 Å². The van der Waals surface area contributed by atoms with E-state index in [4.69, 9.17) is 34.3 Å². The number of anilines is 1. The minimum Gasteiger partial charge on any atom is -0.388 e. The van der Waals surface area contributed by atoms with Crippen LogP contribution in [0.1, 0.15) is 5.56 Å². The average molecular weight is 341 g/mol. The molecule has 0 atom stereocenters.